The summed E-state index contributed by atoms with van der Waals surface area (Å²) in [4.78, 5) is 36.4. The van der Waals surface area contributed by atoms with Crippen LogP contribution in [0.2, 0.25) is 0 Å². The molecule has 38 heavy (non-hydrogen) atoms. The van der Waals surface area contributed by atoms with Gasteiger partial charge in [-0.3, -0.25) is 0 Å². The first-order valence-corrected chi connectivity index (χ1v) is 12.0. The molecule has 0 spiro atoms. The van der Waals surface area contributed by atoms with Crippen molar-refractivity contribution in [2.75, 3.05) is 0 Å². The Morgan fingerprint density at radius 3 is 1.11 bits per heavy atom. The molecule has 3 rings (SSSR count). The van der Waals surface area contributed by atoms with Crippen LogP contribution in [0.4, 0.5) is 0 Å². The van der Waals surface area contributed by atoms with Crippen molar-refractivity contribution in [3.05, 3.63) is 35.4 Å². The molecule has 10 N–H and O–H groups in total. The van der Waals surface area contributed by atoms with Crippen molar-refractivity contribution in [3.63, 3.8) is 0 Å². The predicted octanol–water partition coefficient (Wildman–Crippen LogP) is 0.712. The van der Waals surface area contributed by atoms with Gasteiger partial charge in [0.15, 0.2) is 0 Å². The molecule has 0 aromatic heterocycles. The molecular formula is C24H38N4O8Pt2. The third-order valence-electron chi connectivity index (χ3n) is 6.16. The maximum Gasteiger partial charge on any atom is 0.414 e. The van der Waals surface area contributed by atoms with E-state index in [9.17, 15) is 0 Å². The minimum absolute atomic E-state index is 0. The van der Waals surface area contributed by atoms with Crippen LogP contribution < -0.4 is 22.1 Å². The first kappa shape index (κ1) is 38.5. The van der Waals surface area contributed by atoms with Gasteiger partial charge in [0, 0.05) is 79.4 Å². The van der Waals surface area contributed by atoms with Crippen LogP contribution in [0.1, 0.15) is 62.5 Å². The minimum atomic E-state index is -1.82. The fourth-order valence-electron chi connectivity index (χ4n) is 4.10. The molecule has 0 amide bonds. The van der Waals surface area contributed by atoms with E-state index < -0.39 is 23.9 Å². The maximum atomic E-state index is 9.10. The SMILES string of the molecule is N[C@@H]1CCCC[C@H]1NCc1ccc(CN[C@H]2CCCC[C@@H]2N)cc1.O=C(O)C(=O)O.O=C(O)C(=O)O.[Pt].[Pt]. The monoisotopic (exact) mass is 900 g/mol. The zero-order chi connectivity index (χ0) is 27.1. The Morgan fingerprint density at radius 2 is 0.868 bits per heavy atom. The third-order valence-corrected chi connectivity index (χ3v) is 6.16. The first-order valence-electron chi connectivity index (χ1n) is 12.0. The van der Waals surface area contributed by atoms with Gasteiger partial charge in [-0.2, -0.15) is 0 Å². The number of aliphatic carboxylic acids is 4. The molecule has 12 nitrogen and oxygen atoms in total. The van der Waals surface area contributed by atoms with Crippen LogP contribution in [0.5, 0.6) is 0 Å². The molecule has 2 fully saturated rings. The summed E-state index contributed by atoms with van der Waals surface area (Å²) in [6.07, 6.45) is 9.92. The fourth-order valence-corrected chi connectivity index (χ4v) is 4.10. The average Bonchev–Trinajstić information content (AvgIpc) is 2.84. The second-order valence-electron chi connectivity index (χ2n) is 8.91. The van der Waals surface area contributed by atoms with Gasteiger partial charge < -0.3 is 42.5 Å². The quantitative estimate of drug-likeness (QED) is 0.185. The van der Waals surface area contributed by atoms with E-state index in [0.29, 0.717) is 24.2 Å². The van der Waals surface area contributed by atoms with E-state index in [4.69, 9.17) is 51.1 Å². The van der Waals surface area contributed by atoms with Crippen LogP contribution in [0, 0.1) is 0 Å². The standard InChI is InChI=1S/C20H34N4.2C2H2O4.2Pt/c21-17-5-1-3-7-19(17)23-13-15-9-11-16(12-10-15)14-24-20-8-4-2-6-18(20)22;2*3-1(4)2(5)6;;/h9-12,17-20,23-24H,1-8,13-14,21-22H2;2*(H,3,4)(H,5,6);;/t17-,18+,19-,20+;;;;. The van der Waals surface area contributed by atoms with Crippen LogP contribution in [0.3, 0.4) is 0 Å². The second-order valence-corrected chi connectivity index (χ2v) is 8.91. The number of nitrogens with two attached hydrogens (primary N) is 2. The molecule has 0 radical (unpaired) electrons. The molecular weight excluding hydrogens is 862 g/mol. The summed E-state index contributed by atoms with van der Waals surface area (Å²) < 4.78 is 0. The summed E-state index contributed by atoms with van der Waals surface area (Å²) in [6.45, 7) is 1.83. The van der Waals surface area contributed by atoms with Crippen LogP contribution in [-0.4, -0.2) is 68.5 Å². The number of carboxylic acid groups (broad SMARTS) is 4. The number of carboxylic acids is 4. The van der Waals surface area contributed by atoms with Crippen molar-refractivity contribution in [1.82, 2.24) is 10.6 Å². The number of hydrogen-bond donors (Lipinski definition) is 8. The molecule has 0 heterocycles. The van der Waals surface area contributed by atoms with E-state index in [0.717, 1.165) is 25.9 Å². The smallest absolute Gasteiger partial charge is 0.414 e. The molecule has 0 saturated heterocycles. The van der Waals surface area contributed by atoms with Gasteiger partial charge in [-0.1, -0.05) is 49.9 Å². The Balaban J connectivity index is 0. The van der Waals surface area contributed by atoms with Crippen LogP contribution in [0.15, 0.2) is 24.3 Å². The summed E-state index contributed by atoms with van der Waals surface area (Å²) in [5, 5.41) is 36.8. The van der Waals surface area contributed by atoms with Gasteiger partial charge in [0.1, 0.15) is 0 Å². The summed E-state index contributed by atoms with van der Waals surface area (Å²) >= 11 is 0. The van der Waals surface area contributed by atoms with E-state index in [1.807, 2.05) is 0 Å². The van der Waals surface area contributed by atoms with Crippen molar-refractivity contribution >= 4 is 23.9 Å². The summed E-state index contributed by atoms with van der Waals surface area (Å²) in [5.41, 5.74) is 15.1. The Kier molecular flexibility index (Phi) is 21.4. The Labute approximate surface area is 250 Å². The van der Waals surface area contributed by atoms with E-state index in [2.05, 4.69) is 34.9 Å². The van der Waals surface area contributed by atoms with E-state index >= 15 is 0 Å². The van der Waals surface area contributed by atoms with Crippen LogP contribution >= 0.6 is 0 Å². The van der Waals surface area contributed by atoms with Crippen LogP contribution in [-0.2, 0) is 74.4 Å². The Morgan fingerprint density at radius 1 is 0.605 bits per heavy atom. The van der Waals surface area contributed by atoms with Gasteiger partial charge in [-0.15, -0.1) is 0 Å². The van der Waals surface area contributed by atoms with Gasteiger partial charge in [0.2, 0.25) is 0 Å². The van der Waals surface area contributed by atoms with Crippen molar-refractivity contribution in [2.45, 2.75) is 88.6 Å². The topological polar surface area (TPSA) is 225 Å². The van der Waals surface area contributed by atoms with Gasteiger partial charge in [-0.25, -0.2) is 19.2 Å². The van der Waals surface area contributed by atoms with Gasteiger partial charge in [0.05, 0.1) is 0 Å². The van der Waals surface area contributed by atoms with E-state index in [-0.39, 0.29) is 42.1 Å². The number of nitrogens with one attached hydrogen (secondary N) is 2. The maximum absolute atomic E-state index is 9.10. The van der Waals surface area contributed by atoms with E-state index in [1.54, 1.807) is 0 Å². The zero-order valence-corrected chi connectivity index (χ0v) is 25.4. The molecule has 0 unspecified atom stereocenters. The molecule has 1 aromatic rings. The molecule has 222 valence electrons. The molecule has 2 aliphatic rings. The van der Waals surface area contributed by atoms with Gasteiger partial charge in [-0.05, 0) is 36.8 Å². The molecule has 4 atom stereocenters. The van der Waals surface area contributed by atoms with Crippen LogP contribution in [0.25, 0.3) is 0 Å². The fraction of sp³-hybridized carbons (Fsp3) is 0.583. The summed E-state index contributed by atoms with van der Waals surface area (Å²) in [5.74, 6) is -7.30. The van der Waals surface area contributed by atoms with Crippen molar-refractivity contribution < 1.29 is 81.7 Å². The van der Waals surface area contributed by atoms with Crippen molar-refractivity contribution in [1.29, 1.82) is 0 Å². The van der Waals surface area contributed by atoms with Crippen molar-refractivity contribution in [2.24, 2.45) is 11.5 Å². The summed E-state index contributed by atoms with van der Waals surface area (Å²) in [7, 11) is 0. The van der Waals surface area contributed by atoms with Gasteiger partial charge in [0.25, 0.3) is 0 Å². The number of carbonyl (C=O) groups is 4. The normalized spacial score (nSPS) is 21.9. The van der Waals surface area contributed by atoms with Gasteiger partial charge >= 0.3 is 23.9 Å². The molecule has 0 aliphatic heterocycles. The van der Waals surface area contributed by atoms with Crippen molar-refractivity contribution in [3.8, 4) is 0 Å². The molecule has 0 bridgehead atoms. The zero-order valence-electron chi connectivity index (χ0n) is 20.9. The Bertz CT molecular complexity index is 767. The van der Waals surface area contributed by atoms with E-state index in [1.165, 1.54) is 49.7 Å². The number of hydrogen-bond acceptors (Lipinski definition) is 8. The molecule has 2 aliphatic carbocycles. The first-order chi connectivity index (χ1) is 17.0. The Hall–Kier alpha value is -1.68. The average molecular weight is 901 g/mol. The molecule has 2 saturated carbocycles. The third kappa shape index (κ3) is 16.3. The number of rotatable bonds is 6. The molecule has 14 heteroatoms. The molecule has 1 aromatic carbocycles. The number of benzene rings is 1. The minimum Gasteiger partial charge on any atom is -0.473 e. The summed E-state index contributed by atoms with van der Waals surface area (Å²) in [6, 6.07) is 10.5. The second kappa shape index (κ2) is 21.2. The predicted molar refractivity (Wildman–Crippen MR) is 131 cm³/mol. The largest absolute Gasteiger partial charge is 0.473 e.